The third kappa shape index (κ3) is 5.43. The van der Waals surface area contributed by atoms with Crippen LogP contribution >= 0.6 is 0 Å². The van der Waals surface area contributed by atoms with Gasteiger partial charge in [0.05, 0.1) is 6.61 Å². The SMILES string of the molecule is C=NOCCOC. The highest BCUT2D eigenvalue weighted by Crippen LogP contribution is 1.71. The zero-order valence-corrected chi connectivity index (χ0v) is 4.39. The van der Waals surface area contributed by atoms with E-state index in [0.717, 1.165) is 0 Å². The van der Waals surface area contributed by atoms with Crippen molar-refractivity contribution in [2.45, 2.75) is 0 Å². The largest absolute Gasteiger partial charge is 0.394 e. The van der Waals surface area contributed by atoms with E-state index in [1.165, 1.54) is 0 Å². The Bertz CT molecular complexity index is 47.0. The lowest BCUT2D eigenvalue weighted by Crippen LogP contribution is -1.95. The zero-order chi connectivity index (χ0) is 5.54. The second-order valence-corrected chi connectivity index (χ2v) is 0.955. The van der Waals surface area contributed by atoms with Gasteiger partial charge in [-0.15, -0.1) is 5.16 Å². The maximum Gasteiger partial charge on any atom is 0.140 e. The summed E-state index contributed by atoms with van der Waals surface area (Å²) in [6, 6.07) is 0. The third-order valence-electron chi connectivity index (χ3n) is 0.470. The van der Waals surface area contributed by atoms with Crippen LogP contribution in [0.15, 0.2) is 5.16 Å². The summed E-state index contributed by atoms with van der Waals surface area (Å²) in [5, 5.41) is 3.14. The Balaban J connectivity index is 2.56. The predicted octanol–water partition coefficient (Wildman–Crippen LogP) is 0.265. The molecule has 0 aromatic carbocycles. The average Bonchev–Trinajstić information content (AvgIpc) is 1.69. The molecule has 0 N–H and O–H groups in total. The molecule has 3 nitrogen and oxygen atoms in total. The van der Waals surface area contributed by atoms with Crippen LogP contribution in [-0.2, 0) is 9.57 Å². The minimum atomic E-state index is 0.486. The summed E-state index contributed by atoms with van der Waals surface area (Å²) >= 11 is 0. The minimum Gasteiger partial charge on any atom is -0.394 e. The molecule has 0 aliphatic rings. The van der Waals surface area contributed by atoms with Crippen molar-refractivity contribution in [2.75, 3.05) is 20.3 Å². The smallest absolute Gasteiger partial charge is 0.140 e. The Hall–Kier alpha value is -0.570. The average molecular weight is 103 g/mol. The Morgan fingerprint density at radius 2 is 2.29 bits per heavy atom. The van der Waals surface area contributed by atoms with Crippen molar-refractivity contribution >= 4 is 6.72 Å². The van der Waals surface area contributed by atoms with E-state index < -0.39 is 0 Å². The lowest BCUT2D eigenvalue weighted by Gasteiger charge is -1.93. The Labute approximate surface area is 42.9 Å². The van der Waals surface area contributed by atoms with Gasteiger partial charge in [0.25, 0.3) is 0 Å². The summed E-state index contributed by atoms with van der Waals surface area (Å²) in [5.74, 6) is 0. The van der Waals surface area contributed by atoms with Gasteiger partial charge in [-0.3, -0.25) is 0 Å². The molecule has 0 aromatic heterocycles. The highest BCUT2D eigenvalue weighted by Gasteiger charge is 1.76. The maximum absolute atomic E-state index is 4.63. The quantitative estimate of drug-likeness (QED) is 0.290. The van der Waals surface area contributed by atoms with Crippen molar-refractivity contribution in [3.05, 3.63) is 0 Å². The fourth-order valence-electron chi connectivity index (χ4n) is 0.185. The van der Waals surface area contributed by atoms with Gasteiger partial charge in [0.15, 0.2) is 0 Å². The van der Waals surface area contributed by atoms with E-state index >= 15 is 0 Å². The monoisotopic (exact) mass is 103 g/mol. The van der Waals surface area contributed by atoms with Gasteiger partial charge in [0, 0.05) is 13.8 Å². The topological polar surface area (TPSA) is 30.8 Å². The molecule has 0 saturated heterocycles. The molecule has 0 amide bonds. The van der Waals surface area contributed by atoms with Crippen molar-refractivity contribution in [1.82, 2.24) is 0 Å². The Morgan fingerprint density at radius 3 is 2.71 bits per heavy atom. The Kier molecular flexibility index (Phi) is 4.99. The molecule has 0 atom stereocenters. The number of nitrogens with zero attached hydrogens (tertiary/aromatic N) is 1. The Morgan fingerprint density at radius 1 is 1.57 bits per heavy atom. The predicted molar refractivity (Wildman–Crippen MR) is 27.4 cm³/mol. The van der Waals surface area contributed by atoms with E-state index in [1.54, 1.807) is 7.11 Å². The van der Waals surface area contributed by atoms with Crippen LogP contribution in [0.4, 0.5) is 0 Å². The molecule has 0 aromatic rings. The summed E-state index contributed by atoms with van der Waals surface area (Å²) in [4.78, 5) is 4.46. The summed E-state index contributed by atoms with van der Waals surface area (Å²) in [6.45, 7) is 4.16. The lowest BCUT2D eigenvalue weighted by molar-refractivity contribution is 0.0765. The van der Waals surface area contributed by atoms with E-state index in [2.05, 4.69) is 21.4 Å². The molecule has 0 aliphatic heterocycles. The fourth-order valence-corrected chi connectivity index (χ4v) is 0.185. The molecule has 0 bridgehead atoms. The van der Waals surface area contributed by atoms with Gasteiger partial charge in [-0.2, -0.15) is 0 Å². The number of hydrogen-bond donors (Lipinski definition) is 0. The molecule has 0 heterocycles. The van der Waals surface area contributed by atoms with Crippen molar-refractivity contribution in [3.8, 4) is 0 Å². The van der Waals surface area contributed by atoms with Gasteiger partial charge in [-0.05, 0) is 0 Å². The zero-order valence-electron chi connectivity index (χ0n) is 4.39. The van der Waals surface area contributed by atoms with Crippen LogP contribution in [0, 0.1) is 0 Å². The molecule has 0 fully saturated rings. The number of rotatable bonds is 4. The number of methoxy groups -OCH3 is 1. The van der Waals surface area contributed by atoms with Crippen LogP contribution in [-0.4, -0.2) is 27.0 Å². The second-order valence-electron chi connectivity index (χ2n) is 0.955. The second kappa shape index (κ2) is 5.43. The summed E-state index contributed by atoms with van der Waals surface area (Å²) in [6.07, 6.45) is 0. The van der Waals surface area contributed by atoms with Gasteiger partial charge < -0.3 is 9.57 Å². The lowest BCUT2D eigenvalue weighted by atomic mass is 10.8. The summed E-state index contributed by atoms with van der Waals surface area (Å²) in [7, 11) is 1.60. The summed E-state index contributed by atoms with van der Waals surface area (Å²) in [5.41, 5.74) is 0. The first-order chi connectivity index (χ1) is 3.41. The van der Waals surface area contributed by atoms with Crippen molar-refractivity contribution in [1.29, 1.82) is 0 Å². The van der Waals surface area contributed by atoms with Crippen LogP contribution in [0.2, 0.25) is 0 Å². The molecule has 7 heavy (non-hydrogen) atoms. The first-order valence-electron chi connectivity index (χ1n) is 1.98. The van der Waals surface area contributed by atoms with Gasteiger partial charge in [-0.25, -0.2) is 0 Å². The first kappa shape index (κ1) is 6.43. The van der Waals surface area contributed by atoms with Crippen LogP contribution in [0.3, 0.4) is 0 Å². The molecule has 3 heteroatoms. The number of oxime groups is 1. The molecule has 0 radical (unpaired) electrons. The third-order valence-corrected chi connectivity index (χ3v) is 0.470. The molecule has 0 rings (SSSR count). The van der Waals surface area contributed by atoms with Gasteiger partial charge in [-0.1, -0.05) is 0 Å². The number of ether oxygens (including phenoxy) is 1. The molecular weight excluding hydrogens is 94.0 g/mol. The van der Waals surface area contributed by atoms with E-state index in [9.17, 15) is 0 Å². The van der Waals surface area contributed by atoms with Crippen LogP contribution in [0.5, 0.6) is 0 Å². The van der Waals surface area contributed by atoms with Crippen LogP contribution < -0.4 is 0 Å². The normalized spacial score (nSPS) is 8.14. The minimum absolute atomic E-state index is 0.486. The van der Waals surface area contributed by atoms with Gasteiger partial charge >= 0.3 is 0 Å². The molecule has 0 unspecified atom stereocenters. The highest BCUT2D eigenvalue weighted by atomic mass is 16.6. The van der Waals surface area contributed by atoms with Crippen LogP contribution in [0.25, 0.3) is 0 Å². The van der Waals surface area contributed by atoms with Crippen LogP contribution in [0.1, 0.15) is 0 Å². The fraction of sp³-hybridized carbons (Fsp3) is 0.750. The van der Waals surface area contributed by atoms with Gasteiger partial charge in [0.2, 0.25) is 0 Å². The van der Waals surface area contributed by atoms with E-state index in [0.29, 0.717) is 13.2 Å². The van der Waals surface area contributed by atoms with Crippen molar-refractivity contribution in [3.63, 3.8) is 0 Å². The van der Waals surface area contributed by atoms with Crippen molar-refractivity contribution < 1.29 is 9.57 Å². The summed E-state index contributed by atoms with van der Waals surface area (Å²) < 4.78 is 4.63. The molecular formula is C4H9NO2. The first-order valence-corrected chi connectivity index (χ1v) is 1.98. The van der Waals surface area contributed by atoms with E-state index in [1.807, 2.05) is 0 Å². The highest BCUT2D eigenvalue weighted by molar-refractivity contribution is 5.21. The van der Waals surface area contributed by atoms with E-state index in [4.69, 9.17) is 0 Å². The number of hydrogen-bond acceptors (Lipinski definition) is 3. The van der Waals surface area contributed by atoms with Crippen molar-refractivity contribution in [2.24, 2.45) is 5.16 Å². The standard InChI is InChI=1S/C4H9NO2/c1-5-7-4-3-6-2/h1,3-4H2,2H3. The molecule has 0 spiro atoms. The van der Waals surface area contributed by atoms with E-state index in [-0.39, 0.29) is 0 Å². The maximum atomic E-state index is 4.63. The molecule has 42 valence electrons. The molecule has 0 aliphatic carbocycles. The van der Waals surface area contributed by atoms with Gasteiger partial charge in [0.1, 0.15) is 6.61 Å². The molecule has 0 saturated carbocycles.